The molecule has 0 unspecified atom stereocenters. The molecular weight excluding hydrogens is 438 g/mol. The fourth-order valence-electron chi connectivity index (χ4n) is 3.32. The number of aromatic nitrogens is 4. The van der Waals surface area contributed by atoms with E-state index >= 15 is 0 Å². The number of nitrogens with zero attached hydrogens (tertiary/aromatic N) is 4. The van der Waals surface area contributed by atoms with Gasteiger partial charge in [0.25, 0.3) is 0 Å². The minimum Gasteiger partial charge on any atom is -0.416 e. The first-order valence-electron chi connectivity index (χ1n) is 11.4. The lowest BCUT2D eigenvalue weighted by atomic mass is 10.0. The SMILES string of the molecule is CC(C)(C)[Si](C)(C)OC[C@@H]1[C@@H](O[Si](C)(C)C(C)(C)C)OC[C@@H]1n1cnc2c(N)ncnc21. The topological polar surface area (TPSA) is 97.3 Å². The third-order valence-electron chi connectivity index (χ3n) is 7.68. The van der Waals surface area contributed by atoms with Gasteiger partial charge >= 0.3 is 0 Å². The Labute approximate surface area is 194 Å². The van der Waals surface area contributed by atoms with E-state index in [4.69, 9.17) is 19.3 Å². The van der Waals surface area contributed by atoms with E-state index in [1.807, 2.05) is 0 Å². The molecule has 180 valence electrons. The van der Waals surface area contributed by atoms with Crippen LogP contribution in [0.3, 0.4) is 0 Å². The van der Waals surface area contributed by atoms with Crippen molar-refractivity contribution in [1.82, 2.24) is 19.5 Å². The van der Waals surface area contributed by atoms with Crippen molar-refractivity contribution >= 4 is 33.6 Å². The van der Waals surface area contributed by atoms with Crippen LogP contribution < -0.4 is 5.73 Å². The summed E-state index contributed by atoms with van der Waals surface area (Å²) in [7, 11) is -3.98. The Hall–Kier alpha value is -1.34. The summed E-state index contributed by atoms with van der Waals surface area (Å²) in [6.07, 6.45) is 2.94. The molecule has 3 rings (SSSR count). The summed E-state index contributed by atoms with van der Waals surface area (Å²) in [6.45, 7) is 23.7. The number of ether oxygens (including phenoxy) is 1. The Bertz CT molecular complexity index is 949. The van der Waals surface area contributed by atoms with Crippen LogP contribution in [0, 0.1) is 5.92 Å². The van der Waals surface area contributed by atoms with E-state index < -0.39 is 16.6 Å². The maximum Gasteiger partial charge on any atom is 0.195 e. The fraction of sp³-hybridized carbons (Fsp3) is 0.773. The predicted molar refractivity (Wildman–Crippen MR) is 133 cm³/mol. The molecule has 10 heteroatoms. The van der Waals surface area contributed by atoms with Crippen molar-refractivity contribution < 1.29 is 13.6 Å². The lowest BCUT2D eigenvalue weighted by Gasteiger charge is -2.41. The number of hydrogen-bond acceptors (Lipinski definition) is 7. The Balaban J connectivity index is 1.94. The van der Waals surface area contributed by atoms with Gasteiger partial charge in [-0.15, -0.1) is 0 Å². The smallest absolute Gasteiger partial charge is 0.195 e. The molecule has 1 fully saturated rings. The van der Waals surface area contributed by atoms with E-state index in [2.05, 4.69) is 87.2 Å². The zero-order valence-electron chi connectivity index (χ0n) is 21.4. The Morgan fingerprint density at radius 1 is 1.03 bits per heavy atom. The molecule has 32 heavy (non-hydrogen) atoms. The number of imidazole rings is 1. The van der Waals surface area contributed by atoms with Crippen LogP contribution in [0.2, 0.25) is 36.3 Å². The van der Waals surface area contributed by atoms with Crippen LogP contribution in [0.1, 0.15) is 47.6 Å². The standard InChI is InChI=1S/C22H41N5O3Si2/c1-21(2,3)31(7,8)29-11-15-16(12-28-20(15)30-32(9,10)22(4,5)6)27-14-26-17-18(23)24-13-25-19(17)27/h13-16,20H,11-12H2,1-10H3,(H2,23,24,25)/t15-,16-,20+/m0/s1. The molecule has 0 spiro atoms. The minimum atomic E-state index is -2.04. The molecule has 0 aliphatic carbocycles. The van der Waals surface area contributed by atoms with Crippen molar-refractivity contribution in [1.29, 1.82) is 0 Å². The van der Waals surface area contributed by atoms with E-state index in [1.54, 1.807) is 6.33 Å². The van der Waals surface area contributed by atoms with Gasteiger partial charge in [-0.1, -0.05) is 41.5 Å². The highest BCUT2D eigenvalue weighted by Gasteiger charge is 2.48. The van der Waals surface area contributed by atoms with Gasteiger partial charge in [0, 0.05) is 6.61 Å². The molecule has 1 aliphatic heterocycles. The van der Waals surface area contributed by atoms with Crippen molar-refractivity contribution in [3.63, 3.8) is 0 Å². The number of nitrogen functional groups attached to an aromatic ring is 1. The average Bonchev–Trinajstić information content (AvgIpc) is 3.22. The highest BCUT2D eigenvalue weighted by molar-refractivity contribution is 6.74. The number of rotatable bonds is 6. The van der Waals surface area contributed by atoms with Crippen molar-refractivity contribution in [2.24, 2.45) is 5.92 Å². The van der Waals surface area contributed by atoms with Crippen molar-refractivity contribution in [2.45, 2.75) is 90.1 Å². The summed E-state index contributed by atoms with van der Waals surface area (Å²) in [5, 5.41) is 0.212. The molecule has 2 aromatic heterocycles. The summed E-state index contributed by atoms with van der Waals surface area (Å²) in [6, 6.07) is -0.00571. The lowest BCUT2D eigenvalue weighted by Crippen LogP contribution is -2.48. The second-order valence-corrected chi connectivity index (χ2v) is 21.5. The quantitative estimate of drug-likeness (QED) is 0.584. The van der Waals surface area contributed by atoms with E-state index in [0.29, 0.717) is 24.5 Å². The number of nitrogens with two attached hydrogens (primary N) is 1. The highest BCUT2D eigenvalue weighted by Crippen LogP contribution is 2.43. The van der Waals surface area contributed by atoms with Crippen LogP contribution >= 0.6 is 0 Å². The third kappa shape index (κ3) is 4.79. The largest absolute Gasteiger partial charge is 0.416 e. The predicted octanol–water partition coefficient (Wildman–Crippen LogP) is 4.97. The van der Waals surface area contributed by atoms with Gasteiger partial charge in [-0.25, -0.2) is 15.0 Å². The maximum absolute atomic E-state index is 6.75. The van der Waals surface area contributed by atoms with E-state index in [-0.39, 0.29) is 28.3 Å². The first kappa shape index (κ1) is 25.3. The van der Waals surface area contributed by atoms with Gasteiger partial charge in [0.2, 0.25) is 0 Å². The van der Waals surface area contributed by atoms with Crippen molar-refractivity contribution in [3.8, 4) is 0 Å². The molecular formula is C22H41N5O3Si2. The highest BCUT2D eigenvalue weighted by atomic mass is 28.4. The van der Waals surface area contributed by atoms with E-state index in [1.165, 1.54) is 6.33 Å². The summed E-state index contributed by atoms with van der Waals surface area (Å²) >= 11 is 0. The lowest BCUT2D eigenvalue weighted by molar-refractivity contribution is -0.0789. The second-order valence-electron chi connectivity index (χ2n) is 12.0. The molecule has 0 saturated carbocycles. The monoisotopic (exact) mass is 479 g/mol. The average molecular weight is 480 g/mol. The Morgan fingerprint density at radius 2 is 1.66 bits per heavy atom. The summed E-state index contributed by atoms with van der Waals surface area (Å²) < 4.78 is 21.8. The van der Waals surface area contributed by atoms with Gasteiger partial charge < -0.3 is 23.9 Å². The van der Waals surface area contributed by atoms with Crippen LogP contribution in [0.5, 0.6) is 0 Å². The molecule has 3 atom stereocenters. The minimum absolute atomic E-state index is 0.00571. The zero-order chi connectivity index (χ0) is 24.1. The van der Waals surface area contributed by atoms with E-state index in [0.717, 1.165) is 5.65 Å². The van der Waals surface area contributed by atoms with Gasteiger partial charge in [-0.2, -0.15) is 0 Å². The number of fused-ring (bicyclic) bond motifs is 1. The summed E-state index contributed by atoms with van der Waals surface area (Å²) in [5.74, 6) is 0.405. The molecule has 0 bridgehead atoms. The van der Waals surface area contributed by atoms with Gasteiger partial charge in [0.15, 0.2) is 34.4 Å². The van der Waals surface area contributed by atoms with Gasteiger partial charge in [-0.05, 0) is 36.3 Å². The third-order valence-corrected chi connectivity index (χ3v) is 16.6. The first-order valence-corrected chi connectivity index (χ1v) is 17.2. The summed E-state index contributed by atoms with van der Waals surface area (Å²) in [5.41, 5.74) is 7.36. The van der Waals surface area contributed by atoms with Gasteiger partial charge in [-0.3, -0.25) is 0 Å². The van der Waals surface area contributed by atoms with Crippen LogP contribution in [-0.2, 0) is 13.6 Å². The van der Waals surface area contributed by atoms with Crippen LogP contribution in [0.15, 0.2) is 12.7 Å². The van der Waals surface area contributed by atoms with Crippen molar-refractivity contribution in [2.75, 3.05) is 18.9 Å². The molecule has 8 nitrogen and oxygen atoms in total. The molecule has 2 N–H and O–H groups in total. The van der Waals surface area contributed by atoms with Gasteiger partial charge in [0.1, 0.15) is 11.8 Å². The van der Waals surface area contributed by atoms with Gasteiger partial charge in [0.05, 0.1) is 24.9 Å². The Morgan fingerprint density at radius 3 is 2.25 bits per heavy atom. The molecule has 2 aromatic rings. The second kappa shape index (κ2) is 8.46. The van der Waals surface area contributed by atoms with Crippen LogP contribution in [0.4, 0.5) is 5.82 Å². The van der Waals surface area contributed by atoms with Crippen molar-refractivity contribution in [3.05, 3.63) is 12.7 Å². The first-order chi connectivity index (χ1) is 14.6. The Kier molecular flexibility index (Phi) is 6.69. The molecule has 0 radical (unpaired) electrons. The molecule has 0 amide bonds. The molecule has 1 aliphatic rings. The zero-order valence-corrected chi connectivity index (χ0v) is 23.4. The molecule has 3 heterocycles. The van der Waals surface area contributed by atoms with Crippen LogP contribution in [-0.4, -0.2) is 55.7 Å². The summed E-state index contributed by atoms with van der Waals surface area (Å²) in [4.78, 5) is 13.0. The molecule has 1 saturated heterocycles. The number of hydrogen-bond donors (Lipinski definition) is 1. The number of anilines is 1. The maximum atomic E-state index is 6.75. The normalized spacial score (nSPS) is 23.2. The van der Waals surface area contributed by atoms with E-state index in [9.17, 15) is 0 Å². The van der Waals surface area contributed by atoms with Crippen LogP contribution in [0.25, 0.3) is 11.2 Å². The molecule has 0 aromatic carbocycles. The fourth-order valence-corrected chi connectivity index (χ4v) is 5.54.